The van der Waals surface area contributed by atoms with Crippen molar-refractivity contribution in [2.24, 2.45) is 0 Å². The fourth-order valence-electron chi connectivity index (χ4n) is 0.783. The second-order valence-electron chi connectivity index (χ2n) is 4.90. The molecular weight excluding hydrogens is 330 g/mol. The fourth-order valence-corrected chi connectivity index (χ4v) is 1.52. The molecule has 0 saturated heterocycles. The molecule has 0 aliphatic rings. The van der Waals surface area contributed by atoms with Crippen LogP contribution < -0.4 is 0 Å². The highest BCUT2D eigenvalue weighted by Crippen LogP contribution is 2.49. The van der Waals surface area contributed by atoms with Gasteiger partial charge in [-0.3, -0.25) is 4.74 Å². The van der Waals surface area contributed by atoms with Crippen LogP contribution in [0.2, 0.25) is 19.6 Å². The van der Waals surface area contributed by atoms with Crippen LogP contribution in [0, 0.1) is 0 Å². The Morgan fingerprint density at radius 3 is 1.40 bits per heavy atom. The highest BCUT2D eigenvalue weighted by Gasteiger charge is 2.76. The molecule has 0 radical (unpaired) electrons. The molecule has 0 aromatic carbocycles. The molecule has 0 rings (SSSR count). The van der Waals surface area contributed by atoms with E-state index in [1.807, 2.05) is 0 Å². The minimum absolute atomic E-state index is 0.795. The van der Waals surface area contributed by atoms with Crippen molar-refractivity contribution < 1.29 is 48.6 Å². The van der Waals surface area contributed by atoms with Gasteiger partial charge in [-0.05, 0) is 0 Å². The van der Waals surface area contributed by atoms with Gasteiger partial charge in [0.15, 0.2) is 0 Å². The van der Waals surface area contributed by atoms with Gasteiger partial charge >= 0.3 is 18.2 Å². The van der Waals surface area contributed by atoms with Gasteiger partial charge in [0.25, 0.3) is 11.9 Å². The van der Waals surface area contributed by atoms with Crippen molar-refractivity contribution >= 4 is 8.07 Å². The van der Waals surface area contributed by atoms with Gasteiger partial charge in [-0.1, -0.05) is 19.6 Å². The quantitative estimate of drug-likeness (QED) is 0.525. The highest BCUT2D eigenvalue weighted by atomic mass is 28.3. The Hall–Kier alpha value is -0.523. The summed E-state index contributed by atoms with van der Waals surface area (Å²) in [5.74, 6) is -6.81. The summed E-state index contributed by atoms with van der Waals surface area (Å²) >= 11 is 0. The standard InChI is InChI=1S/C8H10F10OSi/c1-20(2,3)5(10,11)4(9)19-8(17,18)6(12,13)7(14,15)16/h4H,1-3H3. The van der Waals surface area contributed by atoms with Crippen LogP contribution in [0.25, 0.3) is 0 Å². The zero-order chi connectivity index (χ0) is 16.8. The van der Waals surface area contributed by atoms with Gasteiger partial charge in [-0.15, -0.1) is 0 Å². The summed E-state index contributed by atoms with van der Waals surface area (Å²) in [6.45, 7) is 2.38. The fraction of sp³-hybridized carbons (Fsp3) is 1.00. The lowest BCUT2D eigenvalue weighted by Crippen LogP contribution is -2.59. The molecule has 0 aliphatic heterocycles. The Labute approximate surface area is 107 Å². The number of rotatable bonds is 5. The van der Waals surface area contributed by atoms with E-state index in [9.17, 15) is 43.9 Å². The van der Waals surface area contributed by atoms with Crippen LogP contribution >= 0.6 is 0 Å². The van der Waals surface area contributed by atoms with Crippen molar-refractivity contribution in [1.29, 1.82) is 0 Å². The number of hydrogen-bond donors (Lipinski definition) is 0. The van der Waals surface area contributed by atoms with Crippen LogP contribution in [0.4, 0.5) is 43.9 Å². The van der Waals surface area contributed by atoms with Crippen LogP contribution in [-0.2, 0) is 4.74 Å². The molecule has 20 heavy (non-hydrogen) atoms. The van der Waals surface area contributed by atoms with E-state index in [2.05, 4.69) is 4.74 Å². The average molecular weight is 340 g/mol. The second-order valence-corrected chi connectivity index (χ2v) is 10.1. The van der Waals surface area contributed by atoms with Crippen LogP contribution in [0.1, 0.15) is 0 Å². The average Bonchev–Trinajstić information content (AvgIpc) is 2.12. The lowest BCUT2D eigenvalue weighted by atomic mass is 10.3. The van der Waals surface area contributed by atoms with Crippen molar-refractivity contribution in [1.82, 2.24) is 0 Å². The maximum absolute atomic E-state index is 13.2. The van der Waals surface area contributed by atoms with Crippen molar-refractivity contribution in [3.8, 4) is 0 Å². The number of ether oxygens (including phenoxy) is 1. The molecular formula is C8H10F10OSi. The molecule has 0 N–H and O–H groups in total. The van der Waals surface area contributed by atoms with Gasteiger partial charge in [0.1, 0.15) is 8.07 Å². The molecule has 0 spiro atoms. The molecule has 1 nitrogen and oxygen atoms in total. The molecule has 12 heteroatoms. The molecule has 1 atom stereocenters. The monoisotopic (exact) mass is 340 g/mol. The zero-order valence-corrected chi connectivity index (χ0v) is 11.3. The van der Waals surface area contributed by atoms with E-state index < -0.39 is 38.2 Å². The maximum Gasteiger partial charge on any atom is 0.462 e. The molecule has 1 unspecified atom stereocenters. The van der Waals surface area contributed by atoms with Crippen LogP contribution in [0.3, 0.4) is 0 Å². The van der Waals surface area contributed by atoms with Gasteiger partial charge in [0.05, 0.1) is 0 Å². The van der Waals surface area contributed by atoms with E-state index in [0.29, 0.717) is 0 Å². The molecule has 0 bridgehead atoms. The number of alkyl halides is 10. The second kappa shape index (κ2) is 5.04. The smallest absolute Gasteiger partial charge is 0.275 e. The van der Waals surface area contributed by atoms with Gasteiger partial charge < -0.3 is 0 Å². The third-order valence-electron chi connectivity index (χ3n) is 2.26. The maximum atomic E-state index is 13.2. The molecule has 0 aliphatic carbocycles. The molecule has 0 amide bonds. The van der Waals surface area contributed by atoms with Gasteiger partial charge in [0.2, 0.25) is 0 Å². The summed E-state index contributed by atoms with van der Waals surface area (Å²) in [5, 5.41) is 0. The lowest BCUT2D eigenvalue weighted by Gasteiger charge is -2.34. The van der Waals surface area contributed by atoms with Gasteiger partial charge in [0, 0.05) is 0 Å². The Kier molecular flexibility index (Phi) is 4.90. The van der Waals surface area contributed by atoms with Crippen molar-refractivity contribution in [2.75, 3.05) is 0 Å². The molecule has 0 aromatic rings. The summed E-state index contributed by atoms with van der Waals surface area (Å²) in [5.41, 5.74) is -4.59. The lowest BCUT2D eigenvalue weighted by molar-refractivity contribution is -0.446. The largest absolute Gasteiger partial charge is 0.462 e. The molecule has 0 aromatic heterocycles. The predicted octanol–water partition coefficient (Wildman–Crippen LogP) is 4.60. The SMILES string of the molecule is C[Si](C)(C)C(F)(F)C(F)OC(F)(F)C(F)(F)C(F)(F)F. The van der Waals surface area contributed by atoms with Gasteiger partial charge in [-0.25, -0.2) is 13.2 Å². The molecule has 0 saturated carbocycles. The first-order valence-corrected chi connectivity index (χ1v) is 8.40. The molecule has 0 fully saturated rings. The van der Waals surface area contributed by atoms with E-state index in [0.717, 1.165) is 19.6 Å². The van der Waals surface area contributed by atoms with Crippen molar-refractivity contribution in [3.63, 3.8) is 0 Å². The van der Waals surface area contributed by atoms with Crippen LogP contribution in [-0.4, -0.2) is 38.2 Å². The van der Waals surface area contributed by atoms with E-state index in [1.165, 1.54) is 0 Å². The molecule has 0 heterocycles. The Bertz CT molecular complexity index is 344. The predicted molar refractivity (Wildman–Crippen MR) is 50.2 cm³/mol. The summed E-state index contributed by atoms with van der Waals surface area (Å²) in [6.07, 6.45) is -17.5. The minimum Gasteiger partial charge on any atom is -0.275 e. The first-order valence-electron chi connectivity index (χ1n) is 4.90. The first kappa shape index (κ1) is 19.5. The molecule has 122 valence electrons. The van der Waals surface area contributed by atoms with Crippen molar-refractivity contribution in [2.45, 2.75) is 49.8 Å². The zero-order valence-electron chi connectivity index (χ0n) is 10.3. The Morgan fingerprint density at radius 2 is 1.15 bits per heavy atom. The van der Waals surface area contributed by atoms with Gasteiger partial charge in [-0.2, -0.15) is 30.7 Å². The Balaban J connectivity index is 5.32. The minimum atomic E-state index is -6.81. The van der Waals surface area contributed by atoms with Crippen molar-refractivity contribution in [3.05, 3.63) is 0 Å². The third kappa shape index (κ3) is 3.38. The first-order chi connectivity index (χ1) is 8.38. The normalized spacial score (nSPS) is 17.2. The van der Waals surface area contributed by atoms with E-state index >= 15 is 0 Å². The van der Waals surface area contributed by atoms with E-state index in [4.69, 9.17) is 0 Å². The highest BCUT2D eigenvalue weighted by molar-refractivity contribution is 6.78. The summed E-state index contributed by atoms with van der Waals surface area (Å²) in [6, 6.07) is 0. The summed E-state index contributed by atoms with van der Waals surface area (Å²) in [7, 11) is -3.85. The Morgan fingerprint density at radius 1 is 0.800 bits per heavy atom. The van der Waals surface area contributed by atoms with Crippen LogP contribution in [0.5, 0.6) is 0 Å². The van der Waals surface area contributed by atoms with Crippen LogP contribution in [0.15, 0.2) is 0 Å². The summed E-state index contributed by atoms with van der Waals surface area (Å²) < 4.78 is 127. The number of halogens is 10. The van der Waals surface area contributed by atoms with E-state index in [-0.39, 0.29) is 0 Å². The van der Waals surface area contributed by atoms with E-state index in [1.54, 1.807) is 0 Å². The summed E-state index contributed by atoms with van der Waals surface area (Å²) in [4.78, 5) is 0. The third-order valence-corrected chi connectivity index (χ3v) is 4.48. The number of hydrogen-bond acceptors (Lipinski definition) is 1. The topological polar surface area (TPSA) is 9.23 Å².